The molecule has 0 spiro atoms. The summed E-state index contributed by atoms with van der Waals surface area (Å²) < 4.78 is 15.2. The van der Waals surface area contributed by atoms with Crippen molar-refractivity contribution in [2.75, 3.05) is 0 Å². The molecule has 2 atom stereocenters. The molecule has 1 saturated carbocycles. The van der Waals surface area contributed by atoms with E-state index in [-0.39, 0.29) is 11.2 Å². The van der Waals surface area contributed by atoms with E-state index in [1.54, 1.807) is 23.5 Å². The molecule has 1 aromatic carbocycles. The van der Waals surface area contributed by atoms with Gasteiger partial charge in [0.25, 0.3) is 0 Å². The van der Waals surface area contributed by atoms with Gasteiger partial charge >= 0.3 is 0 Å². The fraction of sp³-hybridized carbons (Fsp3) is 0.348. The van der Waals surface area contributed by atoms with Crippen molar-refractivity contribution in [3.63, 3.8) is 0 Å². The smallest absolute Gasteiger partial charge is 0.123 e. The maximum absolute atomic E-state index is 13.3. The van der Waals surface area contributed by atoms with Crippen LogP contribution in [0.2, 0.25) is 0 Å². The van der Waals surface area contributed by atoms with Crippen LogP contribution >= 0.6 is 11.3 Å². The minimum atomic E-state index is -0.444. The Balaban J connectivity index is 1.51. The Bertz CT molecular complexity index is 1020. The van der Waals surface area contributed by atoms with Crippen LogP contribution in [0.4, 0.5) is 4.39 Å². The predicted molar refractivity (Wildman–Crippen MR) is 110 cm³/mol. The fourth-order valence-electron chi connectivity index (χ4n) is 4.52. The second-order valence-electron chi connectivity index (χ2n) is 8.29. The van der Waals surface area contributed by atoms with Crippen LogP contribution in [-0.4, -0.2) is 14.9 Å². The molecule has 3 aromatic rings. The van der Waals surface area contributed by atoms with Gasteiger partial charge in [0.2, 0.25) is 0 Å². The quantitative estimate of drug-likeness (QED) is 0.616. The molecule has 144 valence electrons. The predicted octanol–water partition coefficient (Wildman–Crippen LogP) is 5.55. The van der Waals surface area contributed by atoms with Crippen LogP contribution in [0.25, 0.3) is 11.8 Å². The molecule has 0 aliphatic heterocycles. The SMILES string of the molecule is C[C@@]1(CC(O)c2cccs2)Cc2cnn(-c3ccc(F)cc3)c2C=C1C1CC1. The Morgan fingerprint density at radius 1 is 1.29 bits per heavy atom. The van der Waals surface area contributed by atoms with E-state index in [4.69, 9.17) is 0 Å². The molecule has 1 fully saturated rings. The highest BCUT2D eigenvalue weighted by Gasteiger charge is 2.43. The van der Waals surface area contributed by atoms with E-state index in [1.165, 1.54) is 36.1 Å². The Kier molecular flexibility index (Phi) is 4.25. The van der Waals surface area contributed by atoms with Crippen molar-refractivity contribution in [2.45, 2.75) is 38.7 Å². The molecule has 3 nitrogen and oxygen atoms in total. The minimum absolute atomic E-state index is 0.0752. The first-order chi connectivity index (χ1) is 13.5. The lowest BCUT2D eigenvalue weighted by atomic mass is 9.68. The maximum Gasteiger partial charge on any atom is 0.123 e. The van der Waals surface area contributed by atoms with Crippen LogP contribution < -0.4 is 0 Å². The van der Waals surface area contributed by atoms with Crippen molar-refractivity contribution >= 4 is 17.4 Å². The number of nitrogens with zero attached hydrogens (tertiary/aromatic N) is 2. The summed E-state index contributed by atoms with van der Waals surface area (Å²) in [6.45, 7) is 2.28. The number of thiophene rings is 1. The van der Waals surface area contributed by atoms with Crippen molar-refractivity contribution in [2.24, 2.45) is 11.3 Å². The summed E-state index contributed by atoms with van der Waals surface area (Å²) in [5.74, 6) is 0.361. The van der Waals surface area contributed by atoms with E-state index in [0.29, 0.717) is 5.92 Å². The van der Waals surface area contributed by atoms with Crippen molar-refractivity contribution in [3.05, 3.63) is 75.5 Å². The van der Waals surface area contributed by atoms with Crippen LogP contribution in [0.5, 0.6) is 0 Å². The third-order valence-corrected chi connectivity index (χ3v) is 7.03. The summed E-state index contributed by atoms with van der Waals surface area (Å²) in [6.07, 6.45) is 7.79. The number of rotatable bonds is 5. The number of hydrogen-bond acceptors (Lipinski definition) is 3. The molecule has 2 aromatic heterocycles. The first-order valence-electron chi connectivity index (χ1n) is 9.80. The molecule has 0 amide bonds. The second kappa shape index (κ2) is 6.68. The van der Waals surface area contributed by atoms with E-state index in [0.717, 1.165) is 29.1 Å². The summed E-state index contributed by atoms with van der Waals surface area (Å²) in [5, 5.41) is 17.4. The third kappa shape index (κ3) is 3.12. The Morgan fingerprint density at radius 3 is 2.75 bits per heavy atom. The van der Waals surface area contributed by atoms with Gasteiger partial charge in [-0.1, -0.05) is 18.6 Å². The molecule has 5 heteroatoms. The molecule has 0 radical (unpaired) electrons. The van der Waals surface area contributed by atoms with Gasteiger partial charge in [0.15, 0.2) is 0 Å². The molecule has 5 rings (SSSR count). The van der Waals surface area contributed by atoms with Crippen LogP contribution in [-0.2, 0) is 6.42 Å². The lowest BCUT2D eigenvalue weighted by molar-refractivity contribution is 0.122. The fourth-order valence-corrected chi connectivity index (χ4v) is 5.23. The van der Waals surface area contributed by atoms with E-state index in [1.807, 2.05) is 28.4 Å². The van der Waals surface area contributed by atoms with Crippen molar-refractivity contribution in [1.29, 1.82) is 0 Å². The van der Waals surface area contributed by atoms with Gasteiger partial charge in [-0.05, 0) is 84.4 Å². The molecule has 0 bridgehead atoms. The molecule has 1 unspecified atom stereocenters. The van der Waals surface area contributed by atoms with Crippen LogP contribution in [0.15, 0.2) is 53.5 Å². The Hall–Kier alpha value is -2.24. The largest absolute Gasteiger partial charge is 0.388 e. The van der Waals surface area contributed by atoms with Gasteiger partial charge in [-0.25, -0.2) is 9.07 Å². The van der Waals surface area contributed by atoms with E-state index in [2.05, 4.69) is 18.1 Å². The maximum atomic E-state index is 13.3. The molecule has 0 saturated heterocycles. The number of aliphatic hydroxyl groups is 1. The van der Waals surface area contributed by atoms with Gasteiger partial charge in [-0.3, -0.25) is 0 Å². The normalized spacial score (nSPS) is 22.6. The topological polar surface area (TPSA) is 38.1 Å². The van der Waals surface area contributed by atoms with Gasteiger partial charge in [0.05, 0.1) is 23.7 Å². The highest BCUT2D eigenvalue weighted by atomic mass is 32.1. The highest BCUT2D eigenvalue weighted by Crippen LogP contribution is 2.53. The first-order valence-corrected chi connectivity index (χ1v) is 10.7. The zero-order valence-corrected chi connectivity index (χ0v) is 16.6. The number of hydrogen-bond donors (Lipinski definition) is 1. The molecule has 2 aliphatic rings. The van der Waals surface area contributed by atoms with Crippen LogP contribution in [0.1, 0.15) is 48.4 Å². The summed E-state index contributed by atoms with van der Waals surface area (Å²) in [4.78, 5) is 1.03. The standard InChI is InChI=1S/C23H23FN2OS/c1-23(13-21(27)22-3-2-10-28-22)12-16-14-25-26(18-8-6-17(24)7-9-18)20(16)11-19(23)15-4-5-15/h2-3,6-11,14-15,21,27H,4-5,12-13H2,1H3/t21?,23-/m0/s1. The van der Waals surface area contributed by atoms with Crippen LogP contribution in [0.3, 0.4) is 0 Å². The number of aliphatic hydroxyl groups excluding tert-OH is 1. The summed E-state index contributed by atoms with van der Waals surface area (Å²) >= 11 is 1.62. The Morgan fingerprint density at radius 2 is 2.07 bits per heavy atom. The van der Waals surface area contributed by atoms with E-state index in [9.17, 15) is 9.50 Å². The molecule has 2 heterocycles. The first kappa shape index (κ1) is 17.8. The zero-order chi connectivity index (χ0) is 19.3. The molecule has 1 N–H and O–H groups in total. The third-order valence-electron chi connectivity index (χ3n) is 6.06. The van der Waals surface area contributed by atoms with Crippen molar-refractivity contribution < 1.29 is 9.50 Å². The second-order valence-corrected chi connectivity index (χ2v) is 9.27. The average Bonchev–Trinajstić information content (AvgIpc) is 3.20. The van der Waals surface area contributed by atoms with E-state index < -0.39 is 6.10 Å². The monoisotopic (exact) mass is 394 g/mol. The van der Waals surface area contributed by atoms with Crippen molar-refractivity contribution in [3.8, 4) is 5.69 Å². The molecule has 2 aliphatic carbocycles. The summed E-state index contributed by atoms with van der Waals surface area (Å²) in [5.41, 5.74) is 4.51. The average molecular weight is 395 g/mol. The van der Waals surface area contributed by atoms with Crippen molar-refractivity contribution in [1.82, 2.24) is 9.78 Å². The molecular weight excluding hydrogens is 371 g/mol. The van der Waals surface area contributed by atoms with Gasteiger partial charge in [-0.15, -0.1) is 11.3 Å². The summed E-state index contributed by atoms with van der Waals surface area (Å²) in [7, 11) is 0. The van der Waals surface area contributed by atoms with Gasteiger partial charge < -0.3 is 5.11 Å². The minimum Gasteiger partial charge on any atom is -0.388 e. The Labute approximate surface area is 168 Å². The lowest BCUT2D eigenvalue weighted by Gasteiger charge is -2.37. The number of allylic oxidation sites excluding steroid dienone is 1. The number of halogens is 1. The van der Waals surface area contributed by atoms with Gasteiger partial charge in [-0.2, -0.15) is 5.10 Å². The number of aromatic nitrogens is 2. The lowest BCUT2D eigenvalue weighted by Crippen LogP contribution is -2.29. The van der Waals surface area contributed by atoms with Gasteiger partial charge in [0.1, 0.15) is 5.82 Å². The van der Waals surface area contributed by atoms with Gasteiger partial charge in [0, 0.05) is 4.88 Å². The zero-order valence-electron chi connectivity index (χ0n) is 15.8. The van der Waals surface area contributed by atoms with E-state index >= 15 is 0 Å². The number of fused-ring (bicyclic) bond motifs is 1. The summed E-state index contributed by atoms with van der Waals surface area (Å²) in [6, 6.07) is 10.5. The number of benzene rings is 1. The molecular formula is C23H23FN2OS. The highest BCUT2D eigenvalue weighted by molar-refractivity contribution is 7.10. The van der Waals surface area contributed by atoms with Crippen LogP contribution in [0, 0.1) is 17.2 Å². The molecule has 28 heavy (non-hydrogen) atoms.